The van der Waals surface area contributed by atoms with Crippen molar-refractivity contribution in [3.8, 4) is 0 Å². The summed E-state index contributed by atoms with van der Waals surface area (Å²) in [5.74, 6) is -1.18. The zero-order valence-electron chi connectivity index (χ0n) is 11.6. The van der Waals surface area contributed by atoms with E-state index in [1.165, 1.54) is 18.6 Å². The van der Waals surface area contributed by atoms with Gasteiger partial charge in [0.1, 0.15) is 0 Å². The Morgan fingerprint density at radius 1 is 1.30 bits per heavy atom. The fourth-order valence-corrected chi connectivity index (χ4v) is 3.46. The first-order valence-corrected chi connectivity index (χ1v) is 7.41. The molecule has 20 heavy (non-hydrogen) atoms. The number of nitrogens with two attached hydrogens (primary N) is 1. The first kappa shape index (κ1) is 14.0. The third-order valence-electron chi connectivity index (χ3n) is 4.86. The van der Waals surface area contributed by atoms with E-state index in [4.69, 9.17) is 10.5 Å². The van der Waals surface area contributed by atoms with Crippen LogP contribution in [0.1, 0.15) is 37.7 Å². The Kier molecular flexibility index (Phi) is 3.78. The van der Waals surface area contributed by atoms with E-state index < -0.39 is 11.6 Å². The quantitative estimate of drug-likeness (QED) is 0.923. The van der Waals surface area contributed by atoms with E-state index in [-0.39, 0.29) is 11.6 Å². The summed E-state index contributed by atoms with van der Waals surface area (Å²) in [5.41, 5.74) is 7.14. The SMILES string of the molecule is NC(Cc1ccc(F)c(F)c1)C1CCOC2(CCC2)C1. The van der Waals surface area contributed by atoms with Crippen LogP contribution in [0.3, 0.4) is 0 Å². The molecular formula is C16H21F2NO. The lowest BCUT2D eigenvalue weighted by Crippen LogP contribution is -2.49. The van der Waals surface area contributed by atoms with Crippen molar-refractivity contribution in [1.29, 1.82) is 0 Å². The van der Waals surface area contributed by atoms with E-state index in [2.05, 4.69) is 0 Å². The highest BCUT2D eigenvalue weighted by atomic mass is 19.2. The average molecular weight is 281 g/mol. The molecule has 0 radical (unpaired) electrons. The zero-order valence-corrected chi connectivity index (χ0v) is 11.6. The topological polar surface area (TPSA) is 35.2 Å². The molecule has 1 spiro atoms. The van der Waals surface area contributed by atoms with Crippen LogP contribution in [-0.4, -0.2) is 18.2 Å². The lowest BCUT2D eigenvalue weighted by atomic mass is 9.70. The number of ether oxygens (including phenoxy) is 1. The lowest BCUT2D eigenvalue weighted by Gasteiger charge is -2.48. The minimum absolute atomic E-state index is 0.0127. The van der Waals surface area contributed by atoms with Gasteiger partial charge in [-0.2, -0.15) is 0 Å². The Bertz CT molecular complexity index is 487. The fourth-order valence-electron chi connectivity index (χ4n) is 3.46. The van der Waals surface area contributed by atoms with E-state index in [1.807, 2.05) is 0 Å². The molecular weight excluding hydrogens is 260 g/mol. The molecule has 0 aromatic heterocycles. The van der Waals surface area contributed by atoms with Crippen molar-refractivity contribution in [3.63, 3.8) is 0 Å². The number of hydrogen-bond acceptors (Lipinski definition) is 2. The van der Waals surface area contributed by atoms with Crippen molar-refractivity contribution in [2.24, 2.45) is 11.7 Å². The van der Waals surface area contributed by atoms with Gasteiger partial charge in [-0.1, -0.05) is 6.07 Å². The fraction of sp³-hybridized carbons (Fsp3) is 0.625. The number of halogens is 2. The van der Waals surface area contributed by atoms with Gasteiger partial charge < -0.3 is 10.5 Å². The molecule has 2 fully saturated rings. The molecule has 1 aromatic rings. The molecule has 110 valence electrons. The van der Waals surface area contributed by atoms with E-state index in [0.717, 1.165) is 37.9 Å². The minimum Gasteiger partial charge on any atom is -0.375 e. The average Bonchev–Trinajstić information content (AvgIpc) is 2.41. The molecule has 3 rings (SSSR count). The molecule has 1 saturated carbocycles. The summed E-state index contributed by atoms with van der Waals surface area (Å²) in [6.07, 6.45) is 6.09. The van der Waals surface area contributed by atoms with Gasteiger partial charge in [0.05, 0.1) is 5.60 Å². The Hall–Kier alpha value is -1.00. The Balaban J connectivity index is 1.63. The van der Waals surface area contributed by atoms with Crippen molar-refractivity contribution in [2.45, 2.75) is 50.2 Å². The molecule has 0 amide bonds. The van der Waals surface area contributed by atoms with Crippen LogP contribution in [0.15, 0.2) is 18.2 Å². The van der Waals surface area contributed by atoms with E-state index in [9.17, 15) is 8.78 Å². The zero-order chi connectivity index (χ0) is 14.2. The third kappa shape index (κ3) is 2.72. The maximum atomic E-state index is 13.2. The van der Waals surface area contributed by atoms with Crippen LogP contribution in [-0.2, 0) is 11.2 Å². The number of hydrogen-bond donors (Lipinski definition) is 1. The summed E-state index contributed by atoms with van der Waals surface area (Å²) in [6, 6.07) is 4.04. The molecule has 2 nitrogen and oxygen atoms in total. The Morgan fingerprint density at radius 3 is 2.75 bits per heavy atom. The van der Waals surface area contributed by atoms with Crippen molar-refractivity contribution in [3.05, 3.63) is 35.4 Å². The highest BCUT2D eigenvalue weighted by Crippen LogP contribution is 2.45. The summed E-state index contributed by atoms with van der Waals surface area (Å²) >= 11 is 0. The first-order chi connectivity index (χ1) is 9.58. The molecule has 2 atom stereocenters. The Labute approximate surface area is 118 Å². The molecule has 2 N–H and O–H groups in total. The van der Waals surface area contributed by atoms with E-state index in [0.29, 0.717) is 12.3 Å². The van der Waals surface area contributed by atoms with Crippen molar-refractivity contribution < 1.29 is 13.5 Å². The Morgan fingerprint density at radius 2 is 2.10 bits per heavy atom. The minimum atomic E-state index is -0.804. The van der Waals surface area contributed by atoms with Crippen LogP contribution in [0.4, 0.5) is 8.78 Å². The predicted octanol–water partition coefficient (Wildman–Crippen LogP) is 3.18. The first-order valence-electron chi connectivity index (χ1n) is 7.41. The normalized spacial score (nSPS) is 26.2. The van der Waals surface area contributed by atoms with Gasteiger partial charge >= 0.3 is 0 Å². The van der Waals surface area contributed by atoms with Gasteiger partial charge in [-0.3, -0.25) is 0 Å². The van der Waals surface area contributed by atoms with Gasteiger partial charge in [0.25, 0.3) is 0 Å². The number of rotatable bonds is 3. The summed E-state index contributed by atoms with van der Waals surface area (Å²) in [4.78, 5) is 0. The van der Waals surface area contributed by atoms with E-state index in [1.54, 1.807) is 6.07 Å². The van der Waals surface area contributed by atoms with Gasteiger partial charge in [-0.25, -0.2) is 8.78 Å². The van der Waals surface area contributed by atoms with Gasteiger partial charge in [-0.05, 0) is 62.1 Å². The van der Waals surface area contributed by atoms with Gasteiger partial charge in [0.2, 0.25) is 0 Å². The predicted molar refractivity (Wildman–Crippen MR) is 73.3 cm³/mol. The van der Waals surface area contributed by atoms with Crippen LogP contribution in [0, 0.1) is 17.6 Å². The maximum absolute atomic E-state index is 13.2. The van der Waals surface area contributed by atoms with Gasteiger partial charge in [-0.15, -0.1) is 0 Å². The summed E-state index contributed by atoms with van der Waals surface area (Å²) < 4.78 is 32.0. The molecule has 1 saturated heterocycles. The van der Waals surface area contributed by atoms with Crippen LogP contribution in [0.25, 0.3) is 0 Å². The van der Waals surface area contributed by atoms with Gasteiger partial charge in [0, 0.05) is 12.6 Å². The second-order valence-corrected chi connectivity index (χ2v) is 6.25. The molecule has 1 aromatic carbocycles. The van der Waals surface area contributed by atoms with Crippen molar-refractivity contribution in [1.82, 2.24) is 0 Å². The number of benzene rings is 1. The van der Waals surface area contributed by atoms with Crippen LogP contribution in [0.2, 0.25) is 0 Å². The van der Waals surface area contributed by atoms with Crippen LogP contribution < -0.4 is 5.73 Å². The standard InChI is InChI=1S/C16H21F2NO/c17-13-3-2-11(8-14(13)18)9-15(19)12-4-7-20-16(10-12)5-1-6-16/h2-3,8,12,15H,1,4-7,9-10,19H2. The summed E-state index contributed by atoms with van der Waals surface area (Å²) in [6.45, 7) is 0.774. The highest BCUT2D eigenvalue weighted by molar-refractivity contribution is 5.19. The molecule has 2 unspecified atom stereocenters. The van der Waals surface area contributed by atoms with Crippen molar-refractivity contribution >= 4 is 0 Å². The molecule has 0 bridgehead atoms. The van der Waals surface area contributed by atoms with Crippen LogP contribution in [0.5, 0.6) is 0 Å². The second-order valence-electron chi connectivity index (χ2n) is 6.25. The second kappa shape index (κ2) is 5.41. The summed E-state index contributed by atoms with van der Waals surface area (Å²) in [5, 5.41) is 0. The van der Waals surface area contributed by atoms with Crippen LogP contribution >= 0.6 is 0 Å². The van der Waals surface area contributed by atoms with Gasteiger partial charge in [0.15, 0.2) is 11.6 Å². The lowest BCUT2D eigenvalue weighted by molar-refractivity contribution is -0.145. The molecule has 4 heteroatoms. The molecule has 1 aliphatic carbocycles. The third-order valence-corrected chi connectivity index (χ3v) is 4.86. The van der Waals surface area contributed by atoms with Crippen molar-refractivity contribution in [2.75, 3.05) is 6.61 Å². The molecule has 1 aliphatic heterocycles. The molecule has 1 heterocycles. The maximum Gasteiger partial charge on any atom is 0.159 e. The monoisotopic (exact) mass is 281 g/mol. The molecule has 2 aliphatic rings. The highest BCUT2D eigenvalue weighted by Gasteiger charge is 2.43. The smallest absolute Gasteiger partial charge is 0.159 e. The largest absolute Gasteiger partial charge is 0.375 e. The summed E-state index contributed by atoms with van der Waals surface area (Å²) in [7, 11) is 0. The van der Waals surface area contributed by atoms with E-state index >= 15 is 0 Å².